The van der Waals surface area contributed by atoms with E-state index in [0.717, 1.165) is 37.3 Å². The number of rotatable bonds is 6. The average molecular weight is 481 g/mol. The minimum absolute atomic E-state index is 0.190. The second-order valence-corrected chi connectivity index (χ2v) is 8.60. The van der Waals surface area contributed by atoms with Crippen molar-refractivity contribution in [2.75, 3.05) is 23.3 Å². The molecule has 0 atom stereocenters. The SMILES string of the molecule is O=C(NCc1cccc(F)c1)c1ccccc1N1CCC(NC(=S)Nc2ccc(F)cc2)CC1. The van der Waals surface area contributed by atoms with Gasteiger partial charge in [-0.2, -0.15) is 0 Å². The first-order valence-corrected chi connectivity index (χ1v) is 11.6. The van der Waals surface area contributed by atoms with Gasteiger partial charge in [0, 0.05) is 37.1 Å². The highest BCUT2D eigenvalue weighted by Gasteiger charge is 2.23. The van der Waals surface area contributed by atoms with Crippen molar-refractivity contribution < 1.29 is 13.6 Å². The van der Waals surface area contributed by atoms with E-state index in [1.165, 1.54) is 24.3 Å². The average Bonchev–Trinajstić information content (AvgIpc) is 2.84. The van der Waals surface area contributed by atoms with E-state index < -0.39 is 0 Å². The fourth-order valence-corrected chi connectivity index (χ4v) is 4.30. The van der Waals surface area contributed by atoms with Gasteiger partial charge < -0.3 is 20.9 Å². The molecule has 0 unspecified atom stereocenters. The summed E-state index contributed by atoms with van der Waals surface area (Å²) >= 11 is 5.40. The van der Waals surface area contributed by atoms with Crippen molar-refractivity contribution >= 4 is 34.6 Å². The monoisotopic (exact) mass is 480 g/mol. The number of halogens is 2. The van der Waals surface area contributed by atoms with Gasteiger partial charge in [-0.1, -0.05) is 24.3 Å². The Hall–Kier alpha value is -3.52. The number of carbonyl (C=O) groups is 1. The molecular formula is C26H26F2N4OS. The second-order valence-electron chi connectivity index (χ2n) is 8.20. The highest BCUT2D eigenvalue weighted by molar-refractivity contribution is 7.80. The largest absolute Gasteiger partial charge is 0.371 e. The van der Waals surface area contributed by atoms with Crippen molar-refractivity contribution in [2.24, 2.45) is 0 Å². The normalized spacial score (nSPS) is 13.9. The van der Waals surface area contributed by atoms with Gasteiger partial charge in [0.05, 0.1) is 5.56 Å². The second kappa shape index (κ2) is 11.1. The molecule has 1 aliphatic rings. The third-order valence-corrected chi connectivity index (χ3v) is 5.98. The fourth-order valence-electron chi connectivity index (χ4n) is 4.02. The molecule has 0 aliphatic carbocycles. The van der Waals surface area contributed by atoms with Gasteiger partial charge in [0.15, 0.2) is 5.11 Å². The van der Waals surface area contributed by atoms with Crippen LogP contribution in [-0.4, -0.2) is 30.2 Å². The Morgan fingerprint density at radius 3 is 2.41 bits per heavy atom. The first kappa shape index (κ1) is 23.6. The Balaban J connectivity index is 1.31. The van der Waals surface area contributed by atoms with Crippen molar-refractivity contribution in [2.45, 2.75) is 25.4 Å². The van der Waals surface area contributed by atoms with Gasteiger partial charge in [0.1, 0.15) is 11.6 Å². The molecule has 34 heavy (non-hydrogen) atoms. The lowest BCUT2D eigenvalue weighted by Gasteiger charge is -2.35. The van der Waals surface area contributed by atoms with Crippen LogP contribution < -0.4 is 20.9 Å². The summed E-state index contributed by atoms with van der Waals surface area (Å²) in [6.45, 7) is 1.80. The molecule has 1 fully saturated rings. The number of nitrogens with one attached hydrogen (secondary N) is 3. The molecule has 3 N–H and O–H groups in total. The van der Waals surface area contributed by atoms with Gasteiger partial charge in [-0.25, -0.2) is 8.78 Å². The number of piperidine rings is 1. The highest BCUT2D eigenvalue weighted by Crippen LogP contribution is 2.24. The Kier molecular flexibility index (Phi) is 7.69. The topological polar surface area (TPSA) is 56.4 Å². The molecule has 0 spiro atoms. The van der Waals surface area contributed by atoms with E-state index in [1.807, 2.05) is 24.3 Å². The van der Waals surface area contributed by atoms with Crippen molar-refractivity contribution in [1.29, 1.82) is 0 Å². The van der Waals surface area contributed by atoms with Crippen LogP contribution in [0.4, 0.5) is 20.2 Å². The van der Waals surface area contributed by atoms with Crippen molar-refractivity contribution in [3.05, 3.63) is 95.6 Å². The zero-order chi connectivity index (χ0) is 23.9. The first-order valence-electron chi connectivity index (χ1n) is 11.2. The molecule has 0 radical (unpaired) electrons. The fraction of sp³-hybridized carbons (Fsp3) is 0.231. The summed E-state index contributed by atoms with van der Waals surface area (Å²) < 4.78 is 26.5. The summed E-state index contributed by atoms with van der Waals surface area (Å²) in [5.74, 6) is -0.805. The van der Waals surface area contributed by atoms with E-state index in [0.29, 0.717) is 16.2 Å². The summed E-state index contributed by atoms with van der Waals surface area (Å²) in [6, 6.07) is 20.0. The van der Waals surface area contributed by atoms with Crippen molar-refractivity contribution in [3.8, 4) is 0 Å². The van der Waals surface area contributed by atoms with Gasteiger partial charge in [-0.3, -0.25) is 4.79 Å². The third-order valence-electron chi connectivity index (χ3n) is 5.76. The Bertz CT molecular complexity index is 1150. The van der Waals surface area contributed by atoms with Crippen LogP contribution in [0.25, 0.3) is 0 Å². The number of benzene rings is 3. The summed E-state index contributed by atoms with van der Waals surface area (Å²) in [7, 11) is 0. The molecule has 1 amide bonds. The molecule has 176 valence electrons. The predicted molar refractivity (Wildman–Crippen MR) is 135 cm³/mol. The zero-order valence-electron chi connectivity index (χ0n) is 18.6. The van der Waals surface area contributed by atoms with Crippen LogP contribution in [0, 0.1) is 11.6 Å². The van der Waals surface area contributed by atoms with E-state index in [4.69, 9.17) is 12.2 Å². The molecule has 1 saturated heterocycles. The van der Waals surface area contributed by atoms with Crippen LogP contribution in [-0.2, 0) is 6.54 Å². The number of hydrogen-bond acceptors (Lipinski definition) is 3. The van der Waals surface area contributed by atoms with Gasteiger partial charge in [-0.05, 0) is 79.2 Å². The van der Waals surface area contributed by atoms with Gasteiger partial charge in [0.2, 0.25) is 0 Å². The molecule has 1 heterocycles. The van der Waals surface area contributed by atoms with Gasteiger partial charge in [-0.15, -0.1) is 0 Å². The van der Waals surface area contributed by atoms with Gasteiger partial charge >= 0.3 is 0 Å². The molecule has 0 bridgehead atoms. The standard InChI is InChI=1S/C26H26F2N4OS/c27-19-8-10-21(11-9-19)30-26(34)31-22-12-14-32(15-13-22)24-7-2-1-6-23(24)25(33)29-17-18-4-3-5-20(28)16-18/h1-11,16,22H,12-15,17H2,(H,29,33)(H2,30,31,34). The van der Waals surface area contributed by atoms with E-state index in [-0.39, 0.29) is 30.1 Å². The Morgan fingerprint density at radius 2 is 1.68 bits per heavy atom. The Labute approximate surface area is 203 Å². The van der Waals surface area contributed by atoms with E-state index in [9.17, 15) is 13.6 Å². The smallest absolute Gasteiger partial charge is 0.253 e. The lowest BCUT2D eigenvalue weighted by atomic mass is 10.0. The number of hydrogen-bond donors (Lipinski definition) is 3. The van der Waals surface area contributed by atoms with E-state index in [1.54, 1.807) is 24.3 Å². The molecule has 0 saturated carbocycles. The maximum absolute atomic E-state index is 13.4. The molecule has 0 aromatic heterocycles. The molecule has 5 nitrogen and oxygen atoms in total. The molecule has 8 heteroatoms. The molecule has 3 aromatic carbocycles. The molecular weight excluding hydrogens is 454 g/mol. The summed E-state index contributed by atoms with van der Waals surface area (Å²) in [5, 5.41) is 9.79. The summed E-state index contributed by atoms with van der Waals surface area (Å²) in [4.78, 5) is 15.1. The van der Waals surface area contributed by atoms with Crippen LogP contribution in [0.5, 0.6) is 0 Å². The first-order chi connectivity index (χ1) is 16.5. The van der Waals surface area contributed by atoms with E-state index >= 15 is 0 Å². The number of carbonyl (C=O) groups excluding carboxylic acids is 1. The van der Waals surface area contributed by atoms with Crippen molar-refractivity contribution in [3.63, 3.8) is 0 Å². The Morgan fingerprint density at radius 1 is 0.941 bits per heavy atom. The minimum Gasteiger partial charge on any atom is -0.371 e. The number of para-hydroxylation sites is 1. The highest BCUT2D eigenvalue weighted by atomic mass is 32.1. The maximum atomic E-state index is 13.4. The molecule has 3 aromatic rings. The lowest BCUT2D eigenvalue weighted by molar-refractivity contribution is 0.0951. The predicted octanol–water partition coefficient (Wildman–Crippen LogP) is 4.85. The molecule has 4 rings (SSSR count). The molecule has 1 aliphatic heterocycles. The van der Waals surface area contributed by atoms with E-state index in [2.05, 4.69) is 20.9 Å². The number of anilines is 2. The van der Waals surface area contributed by atoms with Crippen LogP contribution in [0.15, 0.2) is 72.8 Å². The number of thiocarbonyl (C=S) groups is 1. The number of nitrogens with zero attached hydrogens (tertiary/aromatic N) is 1. The van der Waals surface area contributed by atoms with Gasteiger partial charge in [0.25, 0.3) is 5.91 Å². The van der Waals surface area contributed by atoms with Crippen LogP contribution in [0.3, 0.4) is 0 Å². The van der Waals surface area contributed by atoms with Crippen LogP contribution >= 0.6 is 12.2 Å². The van der Waals surface area contributed by atoms with Crippen LogP contribution in [0.2, 0.25) is 0 Å². The number of amides is 1. The van der Waals surface area contributed by atoms with Crippen LogP contribution in [0.1, 0.15) is 28.8 Å². The third kappa shape index (κ3) is 6.29. The van der Waals surface area contributed by atoms with Crippen molar-refractivity contribution in [1.82, 2.24) is 10.6 Å². The minimum atomic E-state index is -0.323. The quantitative estimate of drug-likeness (QED) is 0.441. The zero-order valence-corrected chi connectivity index (χ0v) is 19.4. The summed E-state index contributed by atoms with van der Waals surface area (Å²) in [5.41, 5.74) is 2.92. The lowest BCUT2D eigenvalue weighted by Crippen LogP contribution is -2.46. The maximum Gasteiger partial charge on any atom is 0.253 e. The summed E-state index contributed by atoms with van der Waals surface area (Å²) in [6.07, 6.45) is 1.70.